The van der Waals surface area contributed by atoms with E-state index in [-0.39, 0.29) is 5.69 Å². The van der Waals surface area contributed by atoms with Crippen molar-refractivity contribution in [2.24, 2.45) is 12.0 Å². The summed E-state index contributed by atoms with van der Waals surface area (Å²) in [7, 11) is 1.83. The number of aromatic nitrogens is 2. The highest BCUT2D eigenvalue weighted by Gasteiger charge is 2.12. The molecule has 1 heterocycles. The van der Waals surface area contributed by atoms with Crippen molar-refractivity contribution in [1.82, 2.24) is 5.10 Å². The molecule has 6 nitrogen and oxygen atoms in total. The molecule has 0 atom stereocenters. The van der Waals surface area contributed by atoms with E-state index < -0.39 is 4.92 Å². The van der Waals surface area contributed by atoms with E-state index in [1.54, 1.807) is 16.8 Å². The Morgan fingerprint density at radius 3 is 2.45 bits per heavy atom. The van der Waals surface area contributed by atoms with Crippen LogP contribution in [0.2, 0.25) is 0 Å². The number of hydrogen-bond acceptors (Lipinski definition) is 4. The van der Waals surface area contributed by atoms with Gasteiger partial charge in [0.15, 0.2) is 0 Å². The Bertz CT molecular complexity index is 867. The molecule has 0 unspecified atom stereocenters. The van der Waals surface area contributed by atoms with Gasteiger partial charge in [0, 0.05) is 12.1 Å². The highest BCUT2D eigenvalue weighted by atomic mass is 32.1. The van der Waals surface area contributed by atoms with E-state index in [1.165, 1.54) is 23.5 Å². The zero-order valence-corrected chi connectivity index (χ0v) is 12.5. The maximum Gasteiger partial charge on any atom is 0.275 e. The van der Waals surface area contributed by atoms with Crippen LogP contribution in [0.1, 0.15) is 0 Å². The molecule has 0 saturated heterocycles. The molecule has 2 aromatic carbocycles. The molecular formula is C15H12N4O2S. The quantitative estimate of drug-likeness (QED) is 0.423. The molecule has 3 rings (SSSR count). The van der Waals surface area contributed by atoms with Crippen LogP contribution >= 0.6 is 11.3 Å². The van der Waals surface area contributed by atoms with Crippen molar-refractivity contribution < 1.29 is 9.61 Å². The van der Waals surface area contributed by atoms with E-state index in [0.717, 1.165) is 16.3 Å². The van der Waals surface area contributed by atoms with Gasteiger partial charge < -0.3 is 4.99 Å². The lowest BCUT2D eigenvalue weighted by atomic mass is 10.2. The highest BCUT2D eigenvalue weighted by Crippen LogP contribution is 2.21. The predicted molar refractivity (Wildman–Crippen MR) is 82.6 cm³/mol. The lowest BCUT2D eigenvalue weighted by molar-refractivity contribution is -0.721. The monoisotopic (exact) mass is 312 g/mol. The van der Waals surface area contributed by atoms with Gasteiger partial charge in [-0.05, 0) is 17.8 Å². The van der Waals surface area contributed by atoms with Gasteiger partial charge >= 0.3 is 0 Å². The van der Waals surface area contributed by atoms with E-state index in [9.17, 15) is 10.1 Å². The molecule has 3 aromatic rings. The Kier molecular flexibility index (Phi) is 3.80. The fraction of sp³-hybridized carbons (Fsp3) is 0.0667. The maximum atomic E-state index is 10.7. The third-order valence-corrected chi connectivity index (χ3v) is 4.07. The van der Waals surface area contributed by atoms with Crippen LogP contribution in [0.4, 0.5) is 11.4 Å². The Labute approximate surface area is 130 Å². The minimum atomic E-state index is -0.410. The molecule has 0 radical (unpaired) electrons. The van der Waals surface area contributed by atoms with Gasteiger partial charge in [-0.15, -0.1) is 0 Å². The average molecular weight is 312 g/mol. The van der Waals surface area contributed by atoms with E-state index >= 15 is 0 Å². The van der Waals surface area contributed by atoms with Crippen LogP contribution in [0.5, 0.6) is 0 Å². The first-order chi connectivity index (χ1) is 10.6. The van der Waals surface area contributed by atoms with Crippen molar-refractivity contribution in [3.63, 3.8) is 0 Å². The molecule has 0 amide bonds. The zero-order valence-electron chi connectivity index (χ0n) is 11.7. The van der Waals surface area contributed by atoms with E-state index in [0.29, 0.717) is 4.80 Å². The number of non-ortho nitro benzene ring substituents is 1. The molecule has 0 aliphatic rings. The number of nitro groups is 1. The molecule has 0 aliphatic carbocycles. The number of nitro benzene ring substituents is 1. The summed E-state index contributed by atoms with van der Waals surface area (Å²) in [6, 6.07) is 16.0. The minimum absolute atomic E-state index is 0.0742. The molecule has 0 aliphatic heterocycles. The summed E-state index contributed by atoms with van der Waals surface area (Å²) < 4.78 is 1.73. The average Bonchev–Trinajstić information content (AvgIpc) is 2.89. The number of hydrogen-bond donors (Lipinski definition) is 0. The number of benzene rings is 2. The first-order valence-corrected chi connectivity index (χ1v) is 7.34. The molecule has 7 heteroatoms. The number of nitrogens with zero attached hydrogens (tertiary/aromatic N) is 4. The molecule has 0 N–H and O–H groups in total. The Morgan fingerprint density at radius 1 is 1.14 bits per heavy atom. The smallest absolute Gasteiger partial charge is 0.275 e. The normalized spacial score (nSPS) is 11.6. The SMILES string of the molecule is C[n+]1[n-]c(=Nc2ccccc2)sc1-c1ccc([N+](=O)[O-])cc1. The summed E-state index contributed by atoms with van der Waals surface area (Å²) in [5.41, 5.74) is 1.79. The van der Waals surface area contributed by atoms with Gasteiger partial charge in [0.1, 0.15) is 7.05 Å². The van der Waals surface area contributed by atoms with Crippen molar-refractivity contribution >= 4 is 22.7 Å². The predicted octanol–water partition coefficient (Wildman–Crippen LogP) is 2.34. The molecular weight excluding hydrogens is 300 g/mol. The zero-order chi connectivity index (χ0) is 15.5. The lowest BCUT2D eigenvalue weighted by Gasteiger charge is -1.95. The van der Waals surface area contributed by atoms with Gasteiger partial charge in [0.2, 0.25) is 0 Å². The minimum Gasteiger partial charge on any atom is -0.423 e. The topological polar surface area (TPSA) is 73.5 Å². The Hall–Kier alpha value is -2.80. The third kappa shape index (κ3) is 2.94. The first-order valence-electron chi connectivity index (χ1n) is 6.52. The summed E-state index contributed by atoms with van der Waals surface area (Å²) in [4.78, 5) is 15.4. The molecule has 1 aromatic heterocycles. The van der Waals surface area contributed by atoms with Crippen molar-refractivity contribution in [3.05, 3.63) is 69.5 Å². The van der Waals surface area contributed by atoms with Crippen LogP contribution in [0, 0.1) is 10.1 Å². The summed E-state index contributed by atoms with van der Waals surface area (Å²) >= 11 is 1.44. The second-order valence-corrected chi connectivity index (χ2v) is 5.52. The molecule has 0 bridgehead atoms. The summed E-state index contributed by atoms with van der Waals surface area (Å²) in [6.45, 7) is 0. The van der Waals surface area contributed by atoms with E-state index in [2.05, 4.69) is 10.1 Å². The van der Waals surface area contributed by atoms with Gasteiger partial charge in [-0.3, -0.25) is 10.1 Å². The van der Waals surface area contributed by atoms with Crippen molar-refractivity contribution in [3.8, 4) is 10.6 Å². The highest BCUT2D eigenvalue weighted by molar-refractivity contribution is 7.11. The lowest BCUT2D eigenvalue weighted by Crippen LogP contribution is -2.36. The van der Waals surface area contributed by atoms with E-state index in [1.807, 2.05) is 37.4 Å². The first kappa shape index (κ1) is 14.2. The van der Waals surface area contributed by atoms with Crippen LogP contribution in [0.25, 0.3) is 10.6 Å². The van der Waals surface area contributed by atoms with Gasteiger partial charge in [0.05, 0.1) is 15.3 Å². The van der Waals surface area contributed by atoms with Crippen molar-refractivity contribution in [1.29, 1.82) is 0 Å². The number of aryl methyl sites for hydroxylation is 1. The third-order valence-electron chi connectivity index (χ3n) is 3.02. The molecule has 22 heavy (non-hydrogen) atoms. The summed E-state index contributed by atoms with van der Waals surface area (Å²) in [5, 5.41) is 16.0. The second kappa shape index (κ2) is 5.90. The van der Waals surface area contributed by atoms with Crippen LogP contribution < -0.4 is 14.6 Å². The van der Waals surface area contributed by atoms with Crippen LogP contribution in [0.15, 0.2) is 59.6 Å². The van der Waals surface area contributed by atoms with Crippen molar-refractivity contribution in [2.75, 3.05) is 0 Å². The standard InChI is InChI=1S/C15H12N4O2S/c1-18-14(11-7-9-13(10-8-11)19(20)21)22-15(17-18)16-12-5-3-2-4-6-12/h2-10H,1H3. The van der Waals surface area contributed by atoms with Crippen LogP contribution in [-0.4, -0.2) is 4.92 Å². The Morgan fingerprint density at radius 2 is 1.82 bits per heavy atom. The van der Waals surface area contributed by atoms with Crippen molar-refractivity contribution in [2.45, 2.75) is 0 Å². The van der Waals surface area contributed by atoms with E-state index in [4.69, 9.17) is 0 Å². The fourth-order valence-corrected chi connectivity index (χ4v) is 2.89. The van der Waals surface area contributed by atoms with Crippen LogP contribution in [0.3, 0.4) is 0 Å². The largest absolute Gasteiger partial charge is 0.423 e. The maximum absolute atomic E-state index is 10.7. The molecule has 0 saturated carbocycles. The molecule has 110 valence electrons. The Balaban J connectivity index is 1.99. The fourth-order valence-electron chi connectivity index (χ4n) is 1.98. The number of rotatable bonds is 3. The van der Waals surface area contributed by atoms with Gasteiger partial charge in [-0.25, -0.2) is 0 Å². The second-order valence-electron chi connectivity index (χ2n) is 4.56. The van der Waals surface area contributed by atoms with Crippen LogP contribution in [-0.2, 0) is 7.05 Å². The van der Waals surface area contributed by atoms with Gasteiger partial charge in [-0.2, -0.15) is 9.78 Å². The van der Waals surface area contributed by atoms with Gasteiger partial charge in [0.25, 0.3) is 10.7 Å². The molecule has 0 fully saturated rings. The number of para-hydroxylation sites is 1. The summed E-state index contributed by atoms with van der Waals surface area (Å²) in [5.74, 6) is 0. The van der Waals surface area contributed by atoms with Gasteiger partial charge in [-0.1, -0.05) is 41.7 Å². The molecule has 0 spiro atoms. The summed E-state index contributed by atoms with van der Waals surface area (Å²) in [6.07, 6.45) is 0.